The molecule has 4 rings (SSSR count). The van der Waals surface area contributed by atoms with Gasteiger partial charge in [0.15, 0.2) is 0 Å². The van der Waals surface area contributed by atoms with E-state index in [-0.39, 0.29) is 12.1 Å². The van der Waals surface area contributed by atoms with E-state index in [2.05, 4.69) is 5.10 Å². The van der Waals surface area contributed by atoms with Gasteiger partial charge in [0.25, 0.3) is 0 Å². The molecular weight excluding hydrogens is 472 g/mol. The molecule has 0 spiro atoms. The van der Waals surface area contributed by atoms with E-state index in [1.54, 1.807) is 43.3 Å². The molecule has 194 valence electrons. The highest BCUT2D eigenvalue weighted by molar-refractivity contribution is 6.01. The zero-order valence-electron chi connectivity index (χ0n) is 21.5. The largest absolute Gasteiger partial charge is 0.496 e. The first-order chi connectivity index (χ1) is 17.8. The third-order valence-electron chi connectivity index (χ3n) is 6.62. The molecule has 0 saturated carbocycles. The summed E-state index contributed by atoms with van der Waals surface area (Å²) in [5, 5.41) is 26.5. The van der Waals surface area contributed by atoms with Crippen LogP contribution in [0.2, 0.25) is 0 Å². The number of carboxylic acid groups (broad SMARTS) is 1. The Bertz CT molecular complexity index is 1360. The molecule has 2 N–H and O–H groups in total. The van der Waals surface area contributed by atoms with Crippen LogP contribution in [0.4, 0.5) is 0 Å². The van der Waals surface area contributed by atoms with Crippen molar-refractivity contribution in [3.8, 4) is 11.5 Å². The number of aromatic carboxylic acids is 1. The van der Waals surface area contributed by atoms with Crippen LogP contribution < -0.4 is 9.47 Å². The predicted octanol–water partition coefficient (Wildman–Crippen LogP) is 4.81. The summed E-state index contributed by atoms with van der Waals surface area (Å²) in [6.07, 6.45) is 1.36. The van der Waals surface area contributed by atoms with Gasteiger partial charge in [-0.25, -0.2) is 4.79 Å². The van der Waals surface area contributed by atoms with E-state index in [0.29, 0.717) is 41.0 Å². The molecule has 0 aliphatic rings. The van der Waals surface area contributed by atoms with Crippen LogP contribution >= 0.6 is 0 Å². The maximum atomic E-state index is 11.7. The Hall–Kier alpha value is -3.88. The first-order valence-electron chi connectivity index (χ1n) is 12.0. The van der Waals surface area contributed by atoms with Gasteiger partial charge in [-0.05, 0) is 49.6 Å². The second-order valence-corrected chi connectivity index (χ2v) is 9.22. The maximum absolute atomic E-state index is 11.7. The van der Waals surface area contributed by atoms with Crippen LogP contribution in [0.5, 0.6) is 11.5 Å². The van der Waals surface area contributed by atoms with Gasteiger partial charge in [0.05, 0.1) is 32.9 Å². The van der Waals surface area contributed by atoms with E-state index in [0.717, 1.165) is 11.1 Å². The number of carbonyl (C=O) groups is 1. The molecule has 1 heterocycles. The zero-order valence-corrected chi connectivity index (χ0v) is 21.5. The van der Waals surface area contributed by atoms with Gasteiger partial charge in [0.1, 0.15) is 28.7 Å². The Morgan fingerprint density at radius 3 is 2.35 bits per heavy atom. The van der Waals surface area contributed by atoms with Crippen molar-refractivity contribution in [3.05, 3.63) is 89.1 Å². The van der Waals surface area contributed by atoms with Crippen molar-refractivity contribution in [3.63, 3.8) is 0 Å². The first-order valence-corrected chi connectivity index (χ1v) is 12.0. The van der Waals surface area contributed by atoms with Gasteiger partial charge in [-0.2, -0.15) is 5.10 Å². The van der Waals surface area contributed by atoms with Gasteiger partial charge in [0.2, 0.25) is 0 Å². The number of hydrogen-bond donors (Lipinski definition) is 2. The normalized spacial score (nSPS) is 13.8. The third-order valence-corrected chi connectivity index (χ3v) is 6.62. The number of nitrogens with zero attached hydrogens (tertiary/aromatic N) is 2. The Morgan fingerprint density at radius 1 is 1.05 bits per heavy atom. The second kappa shape index (κ2) is 11.0. The minimum absolute atomic E-state index is 0.122. The molecule has 0 aliphatic carbocycles. The Labute approximate surface area is 216 Å². The molecule has 2 atom stereocenters. The van der Waals surface area contributed by atoms with Crippen LogP contribution in [0.1, 0.15) is 40.1 Å². The Morgan fingerprint density at radius 2 is 1.73 bits per heavy atom. The number of carboxylic acids is 1. The number of rotatable bonds is 11. The van der Waals surface area contributed by atoms with Crippen molar-refractivity contribution in [1.29, 1.82) is 0 Å². The van der Waals surface area contributed by atoms with Gasteiger partial charge in [-0.15, -0.1) is 0 Å². The lowest BCUT2D eigenvalue weighted by Crippen LogP contribution is -2.41. The maximum Gasteiger partial charge on any atom is 0.337 e. The van der Waals surface area contributed by atoms with Gasteiger partial charge < -0.3 is 24.4 Å². The number of fused-ring (bicyclic) bond motifs is 1. The van der Waals surface area contributed by atoms with E-state index in [1.807, 2.05) is 50.2 Å². The van der Waals surface area contributed by atoms with E-state index in [1.165, 1.54) is 6.07 Å². The molecule has 3 aromatic carbocycles. The summed E-state index contributed by atoms with van der Waals surface area (Å²) < 4.78 is 19.1. The Kier molecular flexibility index (Phi) is 7.80. The average molecular weight is 505 g/mol. The average Bonchev–Trinajstić information content (AvgIpc) is 3.31. The van der Waals surface area contributed by atoms with Gasteiger partial charge in [-0.1, -0.05) is 42.5 Å². The van der Waals surface area contributed by atoms with Crippen molar-refractivity contribution < 1.29 is 29.2 Å². The van der Waals surface area contributed by atoms with Crippen LogP contribution in [-0.2, 0) is 17.7 Å². The van der Waals surface area contributed by atoms with E-state index in [9.17, 15) is 15.0 Å². The number of aliphatic hydroxyl groups excluding tert-OH is 1. The van der Waals surface area contributed by atoms with Crippen LogP contribution in [0.25, 0.3) is 10.9 Å². The number of aromatic nitrogens is 2. The standard InChI is InChI=1S/C29H32N2O6/c1-19-24(35-3)15-22(16-25(19)36-4)27(32)29(2,37-14-13-20-9-6-5-7-10-20)18-31-17-21-11-8-12-23(28(33)34)26(21)30-31/h5-12,15-17,27,32H,13-14,18H2,1-4H3,(H,33,34)/t27-,29?/m1/s1. The molecule has 0 amide bonds. The zero-order chi connectivity index (χ0) is 26.6. The molecule has 4 aromatic rings. The molecule has 8 nitrogen and oxygen atoms in total. The minimum atomic E-state index is -1.12. The molecule has 0 radical (unpaired) electrons. The summed E-state index contributed by atoms with van der Waals surface area (Å²) in [7, 11) is 3.14. The highest BCUT2D eigenvalue weighted by Crippen LogP contribution is 2.38. The third kappa shape index (κ3) is 5.60. The molecule has 1 unspecified atom stereocenters. The van der Waals surface area contributed by atoms with Crippen LogP contribution in [0.3, 0.4) is 0 Å². The van der Waals surface area contributed by atoms with Crippen molar-refractivity contribution >= 4 is 16.9 Å². The fourth-order valence-electron chi connectivity index (χ4n) is 4.54. The SMILES string of the molecule is COc1cc([C@@H](O)C(C)(Cn2cc3cccc(C(=O)O)c3n2)OCCc2ccccc2)cc(OC)c1C. The van der Waals surface area contributed by atoms with Crippen molar-refractivity contribution in [2.24, 2.45) is 0 Å². The predicted molar refractivity (Wildman–Crippen MR) is 140 cm³/mol. The lowest BCUT2D eigenvalue weighted by molar-refractivity contribution is -0.125. The fourth-order valence-corrected chi connectivity index (χ4v) is 4.54. The van der Waals surface area contributed by atoms with Crippen LogP contribution in [0.15, 0.2) is 66.9 Å². The molecule has 0 bridgehead atoms. The van der Waals surface area contributed by atoms with Gasteiger partial charge in [-0.3, -0.25) is 4.68 Å². The Balaban J connectivity index is 1.70. The van der Waals surface area contributed by atoms with E-state index in [4.69, 9.17) is 14.2 Å². The summed E-state index contributed by atoms with van der Waals surface area (Å²) in [5.74, 6) is 0.142. The van der Waals surface area contributed by atoms with Crippen molar-refractivity contribution in [1.82, 2.24) is 9.78 Å². The summed E-state index contributed by atoms with van der Waals surface area (Å²) in [6.45, 7) is 4.25. The van der Waals surface area contributed by atoms with Crippen LogP contribution in [-0.4, -0.2) is 52.4 Å². The fraction of sp³-hybridized carbons (Fsp3) is 0.310. The van der Waals surface area contributed by atoms with E-state index >= 15 is 0 Å². The van der Waals surface area contributed by atoms with Gasteiger partial charge >= 0.3 is 5.97 Å². The first kappa shape index (κ1) is 26.2. The topological polar surface area (TPSA) is 103 Å². The lowest BCUT2D eigenvalue weighted by Gasteiger charge is -2.35. The molecule has 8 heteroatoms. The minimum Gasteiger partial charge on any atom is -0.496 e. The monoisotopic (exact) mass is 504 g/mol. The number of hydrogen-bond acceptors (Lipinski definition) is 6. The number of ether oxygens (including phenoxy) is 3. The molecule has 37 heavy (non-hydrogen) atoms. The summed E-state index contributed by atoms with van der Waals surface area (Å²) >= 11 is 0. The van der Waals surface area contributed by atoms with Crippen molar-refractivity contribution in [2.45, 2.75) is 38.5 Å². The van der Waals surface area contributed by atoms with Crippen LogP contribution in [0, 0.1) is 6.92 Å². The number of benzene rings is 3. The molecule has 1 aromatic heterocycles. The van der Waals surface area contributed by atoms with Crippen molar-refractivity contribution in [2.75, 3.05) is 20.8 Å². The van der Waals surface area contributed by atoms with E-state index < -0.39 is 17.7 Å². The quantitative estimate of drug-likeness (QED) is 0.302. The summed E-state index contributed by atoms with van der Waals surface area (Å²) in [4.78, 5) is 11.7. The number of methoxy groups -OCH3 is 2. The second-order valence-electron chi connectivity index (χ2n) is 9.22. The molecular formula is C29H32N2O6. The molecule has 0 aliphatic heterocycles. The summed E-state index contributed by atoms with van der Waals surface area (Å²) in [6, 6.07) is 18.6. The smallest absolute Gasteiger partial charge is 0.337 e. The lowest BCUT2D eigenvalue weighted by atomic mass is 9.91. The number of aliphatic hydroxyl groups is 1. The highest BCUT2D eigenvalue weighted by atomic mass is 16.5. The molecule has 0 fully saturated rings. The highest BCUT2D eigenvalue weighted by Gasteiger charge is 2.37. The summed E-state index contributed by atoms with van der Waals surface area (Å²) in [5.41, 5.74) is 1.91. The molecule has 0 saturated heterocycles. The van der Waals surface area contributed by atoms with Gasteiger partial charge in [0, 0.05) is 17.1 Å².